The lowest BCUT2D eigenvalue weighted by Gasteiger charge is -2.36. The molecule has 0 atom stereocenters. The minimum atomic E-state index is -3.49. The summed E-state index contributed by atoms with van der Waals surface area (Å²) in [6.45, 7) is 5.82. The lowest BCUT2D eigenvalue weighted by atomic mass is 10.2. The average Bonchev–Trinajstić information content (AvgIpc) is 2.85. The zero-order chi connectivity index (χ0) is 23.3. The molecule has 0 aliphatic carbocycles. The lowest BCUT2D eigenvalue weighted by molar-refractivity contribution is 0.0947. The number of hydrogen-bond acceptors (Lipinski definition) is 5. The molecule has 0 bridgehead atoms. The van der Waals surface area contributed by atoms with Gasteiger partial charge in [0.2, 0.25) is 10.0 Å². The molecule has 2 aliphatic heterocycles. The Morgan fingerprint density at radius 3 is 2.12 bits per heavy atom. The molecule has 7 nitrogen and oxygen atoms in total. The van der Waals surface area contributed by atoms with Gasteiger partial charge in [-0.3, -0.25) is 9.69 Å². The number of anilines is 1. The van der Waals surface area contributed by atoms with E-state index < -0.39 is 10.0 Å². The molecule has 2 heterocycles. The van der Waals surface area contributed by atoms with Crippen LogP contribution in [-0.4, -0.2) is 75.9 Å². The molecule has 0 radical (unpaired) electrons. The van der Waals surface area contributed by atoms with E-state index in [0.29, 0.717) is 25.2 Å². The summed E-state index contributed by atoms with van der Waals surface area (Å²) in [5, 5.41) is 2.92. The third-order valence-corrected chi connectivity index (χ3v) is 8.26. The summed E-state index contributed by atoms with van der Waals surface area (Å²) >= 11 is 0. The second-order valence-corrected chi connectivity index (χ2v) is 10.5. The van der Waals surface area contributed by atoms with Crippen LogP contribution >= 0.6 is 0 Å². The number of piperazine rings is 1. The molecule has 2 aromatic rings. The second-order valence-electron chi connectivity index (χ2n) is 8.55. The number of carbonyl (C=O) groups is 1. The number of nitrogens with zero attached hydrogens (tertiary/aromatic N) is 3. The van der Waals surface area contributed by atoms with E-state index >= 15 is 0 Å². The van der Waals surface area contributed by atoms with Crippen LogP contribution in [0.3, 0.4) is 0 Å². The Balaban J connectivity index is 1.22. The van der Waals surface area contributed by atoms with Crippen molar-refractivity contribution in [3.05, 3.63) is 59.9 Å². The topological polar surface area (TPSA) is 73.0 Å². The summed E-state index contributed by atoms with van der Waals surface area (Å²) in [5.74, 6) is -0.437. The highest BCUT2D eigenvalue weighted by Crippen LogP contribution is 2.21. The molecular formula is C24H31FN4O3S. The third-order valence-electron chi connectivity index (χ3n) is 6.35. The fraction of sp³-hybridized carbons (Fsp3) is 0.458. The van der Waals surface area contributed by atoms with Gasteiger partial charge in [-0.05, 0) is 61.4 Å². The van der Waals surface area contributed by atoms with Crippen molar-refractivity contribution in [2.45, 2.75) is 24.2 Å². The summed E-state index contributed by atoms with van der Waals surface area (Å²) in [6.07, 6.45) is 2.84. The number of halogens is 1. The van der Waals surface area contributed by atoms with Gasteiger partial charge in [-0.25, -0.2) is 12.8 Å². The fourth-order valence-electron chi connectivity index (χ4n) is 4.34. The fourth-order valence-corrected chi connectivity index (χ4v) is 5.86. The summed E-state index contributed by atoms with van der Waals surface area (Å²) in [5.41, 5.74) is 1.48. The Morgan fingerprint density at radius 2 is 1.48 bits per heavy atom. The molecule has 2 saturated heterocycles. The van der Waals surface area contributed by atoms with Crippen LogP contribution in [0.1, 0.15) is 29.6 Å². The summed E-state index contributed by atoms with van der Waals surface area (Å²) in [6, 6.07) is 12.8. The smallest absolute Gasteiger partial charge is 0.251 e. The van der Waals surface area contributed by atoms with Crippen LogP contribution in [-0.2, 0) is 10.0 Å². The molecule has 0 unspecified atom stereocenters. The average molecular weight is 475 g/mol. The Labute approximate surface area is 195 Å². The van der Waals surface area contributed by atoms with E-state index in [2.05, 4.69) is 15.1 Å². The molecule has 1 amide bonds. The van der Waals surface area contributed by atoms with Gasteiger partial charge in [0.15, 0.2) is 0 Å². The van der Waals surface area contributed by atoms with Crippen LogP contribution in [0, 0.1) is 5.82 Å². The Hall–Kier alpha value is -2.49. The maximum Gasteiger partial charge on any atom is 0.251 e. The highest BCUT2D eigenvalue weighted by Gasteiger charge is 2.26. The van der Waals surface area contributed by atoms with E-state index in [-0.39, 0.29) is 16.6 Å². The zero-order valence-electron chi connectivity index (χ0n) is 18.7. The van der Waals surface area contributed by atoms with Gasteiger partial charge in [0, 0.05) is 63.6 Å². The maximum absolute atomic E-state index is 13.1. The SMILES string of the molecule is O=C(NCCN1CCN(c2ccc(F)cc2)CC1)c1ccc(S(=O)(=O)N2CCCCC2)cc1. The lowest BCUT2D eigenvalue weighted by Crippen LogP contribution is -2.48. The summed E-state index contributed by atoms with van der Waals surface area (Å²) < 4.78 is 40.1. The summed E-state index contributed by atoms with van der Waals surface area (Å²) in [7, 11) is -3.49. The van der Waals surface area contributed by atoms with Crippen LogP contribution in [0.5, 0.6) is 0 Å². The van der Waals surface area contributed by atoms with Crippen molar-refractivity contribution in [3.63, 3.8) is 0 Å². The number of hydrogen-bond donors (Lipinski definition) is 1. The van der Waals surface area contributed by atoms with Crippen LogP contribution in [0.4, 0.5) is 10.1 Å². The number of carbonyl (C=O) groups excluding carboxylic acids is 1. The number of sulfonamides is 1. The van der Waals surface area contributed by atoms with E-state index in [9.17, 15) is 17.6 Å². The quantitative estimate of drug-likeness (QED) is 0.668. The molecule has 178 valence electrons. The first kappa shape index (κ1) is 23.7. The second kappa shape index (κ2) is 10.6. The first-order chi connectivity index (χ1) is 15.9. The van der Waals surface area contributed by atoms with Gasteiger partial charge in [-0.2, -0.15) is 4.31 Å². The minimum absolute atomic E-state index is 0.207. The van der Waals surface area contributed by atoms with Crippen molar-refractivity contribution in [3.8, 4) is 0 Å². The van der Waals surface area contributed by atoms with E-state index in [1.165, 1.54) is 28.6 Å². The third kappa shape index (κ3) is 5.90. The van der Waals surface area contributed by atoms with Crippen LogP contribution in [0.15, 0.2) is 53.4 Å². The monoisotopic (exact) mass is 474 g/mol. The molecule has 0 saturated carbocycles. The Bertz CT molecular complexity index is 1030. The molecular weight excluding hydrogens is 443 g/mol. The van der Waals surface area contributed by atoms with Crippen molar-refractivity contribution >= 4 is 21.6 Å². The van der Waals surface area contributed by atoms with Gasteiger partial charge >= 0.3 is 0 Å². The molecule has 33 heavy (non-hydrogen) atoms. The molecule has 2 aliphatic rings. The Morgan fingerprint density at radius 1 is 0.848 bits per heavy atom. The molecule has 2 fully saturated rings. The molecule has 0 aromatic heterocycles. The number of piperidine rings is 1. The highest BCUT2D eigenvalue weighted by atomic mass is 32.2. The molecule has 2 aromatic carbocycles. The van der Waals surface area contributed by atoms with Crippen molar-refractivity contribution in [1.82, 2.24) is 14.5 Å². The van der Waals surface area contributed by atoms with Crippen molar-refractivity contribution in [1.29, 1.82) is 0 Å². The summed E-state index contributed by atoms with van der Waals surface area (Å²) in [4.78, 5) is 17.2. The number of nitrogens with one attached hydrogen (secondary N) is 1. The van der Waals surface area contributed by atoms with Crippen LogP contribution < -0.4 is 10.2 Å². The predicted molar refractivity (Wildman–Crippen MR) is 126 cm³/mol. The van der Waals surface area contributed by atoms with Gasteiger partial charge in [0.25, 0.3) is 5.91 Å². The van der Waals surface area contributed by atoms with E-state index in [1.54, 1.807) is 24.3 Å². The molecule has 9 heteroatoms. The first-order valence-corrected chi connectivity index (χ1v) is 13.0. The van der Waals surface area contributed by atoms with Gasteiger partial charge in [0.1, 0.15) is 5.82 Å². The first-order valence-electron chi connectivity index (χ1n) is 11.5. The van der Waals surface area contributed by atoms with Gasteiger partial charge in [0.05, 0.1) is 4.90 Å². The van der Waals surface area contributed by atoms with E-state index in [4.69, 9.17) is 0 Å². The maximum atomic E-state index is 13.1. The molecule has 4 rings (SSSR count). The van der Waals surface area contributed by atoms with Gasteiger partial charge in [-0.15, -0.1) is 0 Å². The van der Waals surface area contributed by atoms with Crippen molar-refractivity contribution in [2.75, 3.05) is 57.3 Å². The van der Waals surface area contributed by atoms with Crippen LogP contribution in [0.2, 0.25) is 0 Å². The standard InChI is InChI=1S/C24H31FN4O3S/c25-21-6-8-22(9-7-21)28-18-16-27(17-19-28)15-12-26-24(30)20-4-10-23(11-5-20)33(31,32)29-13-2-1-3-14-29/h4-11H,1-3,12-19H2,(H,26,30). The molecule has 0 spiro atoms. The van der Waals surface area contributed by atoms with Gasteiger partial charge < -0.3 is 10.2 Å². The predicted octanol–water partition coefficient (Wildman–Crippen LogP) is 2.55. The van der Waals surface area contributed by atoms with Crippen molar-refractivity contribution < 1.29 is 17.6 Å². The Kier molecular flexibility index (Phi) is 7.62. The van der Waals surface area contributed by atoms with Crippen LogP contribution in [0.25, 0.3) is 0 Å². The normalized spacial score (nSPS) is 18.3. The molecule has 1 N–H and O–H groups in total. The zero-order valence-corrected chi connectivity index (χ0v) is 19.6. The largest absolute Gasteiger partial charge is 0.369 e. The number of benzene rings is 2. The van der Waals surface area contributed by atoms with E-state index in [1.807, 2.05) is 0 Å². The number of rotatable bonds is 7. The number of amides is 1. The van der Waals surface area contributed by atoms with E-state index in [0.717, 1.165) is 57.7 Å². The van der Waals surface area contributed by atoms with Crippen molar-refractivity contribution in [2.24, 2.45) is 0 Å². The minimum Gasteiger partial charge on any atom is -0.369 e. The van der Waals surface area contributed by atoms with Gasteiger partial charge in [-0.1, -0.05) is 6.42 Å². The highest BCUT2D eigenvalue weighted by molar-refractivity contribution is 7.89.